The third-order valence-electron chi connectivity index (χ3n) is 5.18. The van der Waals surface area contributed by atoms with Crippen LogP contribution < -0.4 is 20.3 Å². The number of amides is 1. The van der Waals surface area contributed by atoms with E-state index in [2.05, 4.69) is 15.4 Å². The summed E-state index contributed by atoms with van der Waals surface area (Å²) in [6.07, 6.45) is 0. The molecule has 9 heteroatoms. The van der Waals surface area contributed by atoms with Gasteiger partial charge in [0, 0.05) is 22.9 Å². The quantitative estimate of drug-likeness (QED) is 0.478. The van der Waals surface area contributed by atoms with Crippen LogP contribution in [-0.4, -0.2) is 33.9 Å². The SMILES string of the molecule is CC(C)Cn1nc(C(=O)Nc2nc(-c3ccc4c(c3)OCCO4)cs2)c2ccccc2c1=O. The molecule has 5 rings (SSSR count). The van der Waals surface area contributed by atoms with E-state index in [9.17, 15) is 9.59 Å². The fourth-order valence-corrected chi connectivity index (χ4v) is 4.41. The first-order valence-electron chi connectivity index (χ1n) is 10.7. The minimum Gasteiger partial charge on any atom is -0.486 e. The van der Waals surface area contributed by atoms with Gasteiger partial charge >= 0.3 is 0 Å². The van der Waals surface area contributed by atoms with Gasteiger partial charge in [-0.25, -0.2) is 9.67 Å². The van der Waals surface area contributed by atoms with E-state index in [1.807, 2.05) is 37.4 Å². The van der Waals surface area contributed by atoms with Crippen LogP contribution in [0.3, 0.4) is 0 Å². The van der Waals surface area contributed by atoms with Crippen LogP contribution in [-0.2, 0) is 6.54 Å². The monoisotopic (exact) mass is 462 g/mol. The highest BCUT2D eigenvalue weighted by molar-refractivity contribution is 7.14. The van der Waals surface area contributed by atoms with Crippen LogP contribution in [0.4, 0.5) is 5.13 Å². The number of aromatic nitrogens is 3. The van der Waals surface area contributed by atoms with Crippen LogP contribution in [0.25, 0.3) is 22.0 Å². The fourth-order valence-electron chi connectivity index (χ4n) is 3.70. The maximum Gasteiger partial charge on any atom is 0.278 e. The molecule has 8 nitrogen and oxygen atoms in total. The molecule has 0 bridgehead atoms. The van der Waals surface area contributed by atoms with Gasteiger partial charge in [0.15, 0.2) is 22.3 Å². The van der Waals surface area contributed by atoms with Crippen molar-refractivity contribution in [3.8, 4) is 22.8 Å². The number of anilines is 1. The normalized spacial score (nSPS) is 12.8. The van der Waals surface area contributed by atoms with Crippen LogP contribution in [0.15, 0.2) is 52.6 Å². The number of ether oxygens (including phenoxy) is 2. The minimum atomic E-state index is -0.410. The van der Waals surface area contributed by atoms with E-state index in [0.717, 1.165) is 11.3 Å². The van der Waals surface area contributed by atoms with E-state index >= 15 is 0 Å². The van der Waals surface area contributed by atoms with Crippen molar-refractivity contribution in [1.82, 2.24) is 14.8 Å². The molecule has 1 N–H and O–H groups in total. The zero-order valence-electron chi connectivity index (χ0n) is 18.2. The number of nitrogens with zero attached hydrogens (tertiary/aromatic N) is 3. The van der Waals surface area contributed by atoms with Crippen molar-refractivity contribution in [2.75, 3.05) is 18.5 Å². The van der Waals surface area contributed by atoms with E-state index in [1.165, 1.54) is 16.0 Å². The summed E-state index contributed by atoms with van der Waals surface area (Å²) >= 11 is 1.32. The largest absolute Gasteiger partial charge is 0.486 e. The highest BCUT2D eigenvalue weighted by Crippen LogP contribution is 2.35. The van der Waals surface area contributed by atoms with Gasteiger partial charge in [-0.3, -0.25) is 14.9 Å². The van der Waals surface area contributed by atoms with Crippen molar-refractivity contribution in [2.45, 2.75) is 20.4 Å². The van der Waals surface area contributed by atoms with E-state index in [4.69, 9.17) is 9.47 Å². The number of rotatable bonds is 5. The predicted molar refractivity (Wildman–Crippen MR) is 127 cm³/mol. The molecular weight excluding hydrogens is 440 g/mol. The Hall–Kier alpha value is -3.72. The van der Waals surface area contributed by atoms with E-state index in [0.29, 0.717) is 47.2 Å². The van der Waals surface area contributed by atoms with Gasteiger partial charge in [0.2, 0.25) is 0 Å². The number of hydrogen-bond acceptors (Lipinski definition) is 7. The first-order chi connectivity index (χ1) is 16.0. The van der Waals surface area contributed by atoms with E-state index in [1.54, 1.807) is 24.3 Å². The van der Waals surface area contributed by atoms with Crippen LogP contribution in [0.1, 0.15) is 24.3 Å². The summed E-state index contributed by atoms with van der Waals surface area (Å²) in [6.45, 7) is 5.46. The van der Waals surface area contributed by atoms with Crippen molar-refractivity contribution in [2.24, 2.45) is 5.92 Å². The Kier molecular flexibility index (Phi) is 5.55. The zero-order chi connectivity index (χ0) is 22.9. The highest BCUT2D eigenvalue weighted by atomic mass is 32.1. The molecule has 0 saturated heterocycles. The second kappa shape index (κ2) is 8.67. The summed E-state index contributed by atoms with van der Waals surface area (Å²) in [7, 11) is 0. The van der Waals surface area contributed by atoms with Crippen LogP contribution >= 0.6 is 11.3 Å². The minimum absolute atomic E-state index is 0.196. The van der Waals surface area contributed by atoms with Gasteiger partial charge in [0.05, 0.1) is 11.1 Å². The molecule has 0 aliphatic carbocycles. The molecule has 3 heterocycles. The van der Waals surface area contributed by atoms with Gasteiger partial charge in [-0.15, -0.1) is 11.3 Å². The molecule has 1 aliphatic rings. The molecule has 1 aliphatic heterocycles. The number of fused-ring (bicyclic) bond motifs is 2. The molecule has 0 spiro atoms. The molecule has 1 amide bonds. The molecule has 0 saturated carbocycles. The predicted octanol–water partition coefficient (Wildman–Crippen LogP) is 4.20. The molecule has 0 radical (unpaired) electrons. The number of benzene rings is 2. The number of hydrogen-bond donors (Lipinski definition) is 1. The Morgan fingerprint density at radius 1 is 1.12 bits per heavy atom. The third kappa shape index (κ3) is 4.19. The lowest BCUT2D eigenvalue weighted by Crippen LogP contribution is -2.29. The molecule has 33 heavy (non-hydrogen) atoms. The highest BCUT2D eigenvalue weighted by Gasteiger charge is 2.19. The van der Waals surface area contributed by atoms with Crippen LogP contribution in [0.5, 0.6) is 11.5 Å². The van der Waals surface area contributed by atoms with Crippen molar-refractivity contribution in [1.29, 1.82) is 0 Å². The Morgan fingerprint density at radius 3 is 2.67 bits per heavy atom. The van der Waals surface area contributed by atoms with Gasteiger partial charge in [-0.05, 0) is 30.2 Å². The Labute approximate surface area is 193 Å². The summed E-state index contributed by atoms with van der Waals surface area (Å²) in [5.41, 5.74) is 1.58. The molecule has 0 atom stereocenters. The fraction of sp³-hybridized carbons (Fsp3) is 0.250. The van der Waals surface area contributed by atoms with Crippen LogP contribution in [0, 0.1) is 5.92 Å². The van der Waals surface area contributed by atoms with Gasteiger partial charge in [-0.2, -0.15) is 5.10 Å². The van der Waals surface area contributed by atoms with Gasteiger partial charge in [-0.1, -0.05) is 32.0 Å². The van der Waals surface area contributed by atoms with Crippen molar-refractivity contribution in [3.05, 3.63) is 63.9 Å². The number of carbonyl (C=O) groups is 1. The zero-order valence-corrected chi connectivity index (χ0v) is 19.0. The summed E-state index contributed by atoms with van der Waals surface area (Å²) in [6, 6.07) is 12.7. The Morgan fingerprint density at radius 2 is 1.88 bits per heavy atom. The molecule has 168 valence electrons. The van der Waals surface area contributed by atoms with E-state index < -0.39 is 5.91 Å². The smallest absolute Gasteiger partial charge is 0.278 e. The number of nitrogens with one attached hydrogen (secondary N) is 1. The summed E-state index contributed by atoms with van der Waals surface area (Å²) in [4.78, 5) is 30.5. The molecule has 2 aromatic carbocycles. The molecular formula is C24H22N4O4S. The standard InChI is InChI=1S/C24H22N4O4S/c1-14(2)12-28-23(30)17-6-4-3-5-16(17)21(27-28)22(29)26-24-25-18(13-33-24)15-7-8-19-20(11-15)32-10-9-31-19/h3-8,11,13-14H,9-10,12H2,1-2H3,(H,25,26,29). The maximum absolute atomic E-state index is 13.2. The summed E-state index contributed by atoms with van der Waals surface area (Å²) in [5, 5.41) is 10.5. The second-order valence-corrected chi connectivity index (χ2v) is 8.98. The average molecular weight is 463 g/mol. The lowest BCUT2D eigenvalue weighted by atomic mass is 10.1. The topological polar surface area (TPSA) is 95.3 Å². The van der Waals surface area contributed by atoms with Crippen LogP contribution in [0.2, 0.25) is 0 Å². The van der Waals surface area contributed by atoms with Gasteiger partial charge in [0.1, 0.15) is 13.2 Å². The summed E-state index contributed by atoms with van der Waals surface area (Å²) in [5.74, 6) is 1.19. The van der Waals surface area contributed by atoms with Crippen molar-refractivity contribution >= 4 is 33.1 Å². The van der Waals surface area contributed by atoms with Crippen molar-refractivity contribution in [3.63, 3.8) is 0 Å². The third-order valence-corrected chi connectivity index (χ3v) is 5.94. The lowest BCUT2D eigenvalue weighted by Gasteiger charge is -2.18. The summed E-state index contributed by atoms with van der Waals surface area (Å²) < 4.78 is 12.6. The molecule has 4 aromatic rings. The Bertz CT molecular complexity index is 1410. The number of thiazole rings is 1. The average Bonchev–Trinajstić information content (AvgIpc) is 3.28. The Balaban J connectivity index is 1.44. The second-order valence-electron chi connectivity index (χ2n) is 8.13. The first-order valence-corrected chi connectivity index (χ1v) is 11.5. The van der Waals surface area contributed by atoms with E-state index in [-0.39, 0.29) is 17.2 Å². The molecule has 0 fully saturated rings. The maximum atomic E-state index is 13.2. The molecule has 2 aromatic heterocycles. The van der Waals surface area contributed by atoms with Gasteiger partial charge in [0.25, 0.3) is 11.5 Å². The number of carbonyl (C=O) groups excluding carboxylic acids is 1. The van der Waals surface area contributed by atoms with Crippen molar-refractivity contribution < 1.29 is 14.3 Å². The lowest BCUT2D eigenvalue weighted by molar-refractivity contribution is 0.102. The molecule has 0 unspecified atom stereocenters. The first kappa shape index (κ1) is 21.1. The van der Waals surface area contributed by atoms with Gasteiger partial charge < -0.3 is 9.47 Å².